The molecule has 6 N–H and O–H groups in total. The smallest absolute Gasteiger partial charge is 0.166 e. The third-order valence-electron chi connectivity index (χ3n) is 3.27. The van der Waals surface area contributed by atoms with Crippen LogP contribution in [0.3, 0.4) is 0 Å². The first-order valence-corrected chi connectivity index (χ1v) is 8.82. The lowest BCUT2D eigenvalue weighted by atomic mass is 10.2. The molecule has 3 rings (SSSR count). The Balaban J connectivity index is 1.63. The van der Waals surface area contributed by atoms with Crippen LogP contribution in [0.1, 0.15) is 5.56 Å². The lowest BCUT2D eigenvalue weighted by Crippen LogP contribution is -2.31. The van der Waals surface area contributed by atoms with Gasteiger partial charge in [0, 0.05) is 16.8 Å². The van der Waals surface area contributed by atoms with Crippen LogP contribution in [0.25, 0.3) is 10.6 Å². The van der Waals surface area contributed by atoms with Crippen molar-refractivity contribution in [3.8, 4) is 10.6 Å². The van der Waals surface area contributed by atoms with E-state index >= 15 is 0 Å². The second kappa shape index (κ2) is 7.97. The van der Waals surface area contributed by atoms with E-state index in [2.05, 4.69) is 20.2 Å². The maximum Gasteiger partial charge on any atom is 0.166 e. The summed E-state index contributed by atoms with van der Waals surface area (Å²) >= 11 is 2.99. The van der Waals surface area contributed by atoms with Crippen LogP contribution in [-0.4, -0.2) is 10.8 Å². The Bertz CT molecular complexity index is 861. The molecule has 1 heterocycles. The number of hydrazine groups is 1. The highest BCUT2D eigenvalue weighted by atomic mass is 32.2. The number of halogens is 1. The largest absolute Gasteiger partial charge is 0.325 e. The third kappa shape index (κ3) is 4.27. The Morgan fingerprint density at radius 1 is 1.12 bits per heavy atom. The molecule has 0 aliphatic rings. The van der Waals surface area contributed by atoms with Gasteiger partial charge in [-0.05, 0) is 60.5 Å². The van der Waals surface area contributed by atoms with Gasteiger partial charge in [-0.15, -0.1) is 11.3 Å². The molecule has 1 aromatic heterocycles. The van der Waals surface area contributed by atoms with Gasteiger partial charge in [-0.2, -0.15) is 5.10 Å². The SMILES string of the molecule is N/N=C(\NN)c1ccc(NSc2cnc(-c3ccc(F)cc3)s2)cc1. The normalized spacial score (nSPS) is 11.4. The zero-order chi connectivity index (χ0) is 17.6. The Morgan fingerprint density at radius 3 is 2.48 bits per heavy atom. The number of hydrogen-bond donors (Lipinski definition) is 4. The molecule has 0 aliphatic carbocycles. The number of anilines is 1. The van der Waals surface area contributed by atoms with Crippen LogP contribution in [-0.2, 0) is 0 Å². The first-order valence-electron chi connectivity index (χ1n) is 7.19. The van der Waals surface area contributed by atoms with Gasteiger partial charge in [0.2, 0.25) is 0 Å². The topological polar surface area (TPSA) is 101 Å². The van der Waals surface area contributed by atoms with E-state index < -0.39 is 0 Å². The molecule has 25 heavy (non-hydrogen) atoms. The maximum absolute atomic E-state index is 13.0. The van der Waals surface area contributed by atoms with Crippen LogP contribution in [0, 0.1) is 5.82 Å². The zero-order valence-electron chi connectivity index (χ0n) is 12.9. The molecule has 0 radical (unpaired) electrons. The van der Waals surface area contributed by atoms with Crippen molar-refractivity contribution < 1.29 is 4.39 Å². The monoisotopic (exact) mass is 374 g/mol. The van der Waals surface area contributed by atoms with Crippen LogP contribution in [0.5, 0.6) is 0 Å². The quantitative estimate of drug-likeness (QED) is 0.180. The van der Waals surface area contributed by atoms with Crippen LogP contribution in [0.2, 0.25) is 0 Å². The van der Waals surface area contributed by atoms with Crippen molar-refractivity contribution in [1.82, 2.24) is 10.4 Å². The molecule has 0 atom stereocenters. The van der Waals surface area contributed by atoms with Crippen molar-refractivity contribution >= 4 is 34.8 Å². The summed E-state index contributed by atoms with van der Waals surface area (Å²) in [4.78, 5) is 4.37. The minimum Gasteiger partial charge on any atom is -0.325 e. The average molecular weight is 374 g/mol. The van der Waals surface area contributed by atoms with E-state index in [9.17, 15) is 4.39 Å². The third-order valence-corrected chi connectivity index (χ3v) is 5.25. The molecule has 0 spiro atoms. The summed E-state index contributed by atoms with van der Waals surface area (Å²) in [5.41, 5.74) is 5.03. The first kappa shape index (κ1) is 17.2. The Labute approximate surface area is 152 Å². The molecule has 0 amide bonds. The summed E-state index contributed by atoms with van der Waals surface area (Å²) in [6.07, 6.45) is 1.78. The van der Waals surface area contributed by atoms with E-state index in [1.165, 1.54) is 35.4 Å². The molecular weight excluding hydrogens is 359 g/mol. The summed E-state index contributed by atoms with van der Waals surface area (Å²) in [6.45, 7) is 0. The average Bonchev–Trinajstić information content (AvgIpc) is 3.12. The summed E-state index contributed by atoms with van der Waals surface area (Å²) in [5, 5.41) is 4.41. The van der Waals surface area contributed by atoms with Crippen LogP contribution in [0.15, 0.2) is 64.0 Å². The molecule has 0 saturated carbocycles. The number of aromatic nitrogens is 1. The predicted molar refractivity (Wildman–Crippen MR) is 101 cm³/mol. The molecule has 0 saturated heterocycles. The summed E-state index contributed by atoms with van der Waals surface area (Å²) in [7, 11) is 0. The molecule has 9 heteroatoms. The van der Waals surface area contributed by atoms with Gasteiger partial charge in [0.1, 0.15) is 15.0 Å². The number of thiazole rings is 1. The van der Waals surface area contributed by atoms with Crippen molar-refractivity contribution in [3.63, 3.8) is 0 Å². The van der Waals surface area contributed by atoms with Crippen molar-refractivity contribution in [2.24, 2.45) is 16.8 Å². The van der Waals surface area contributed by atoms with Gasteiger partial charge < -0.3 is 16.0 Å². The highest BCUT2D eigenvalue weighted by Gasteiger charge is 2.06. The van der Waals surface area contributed by atoms with Gasteiger partial charge in [0.25, 0.3) is 0 Å². The summed E-state index contributed by atoms with van der Waals surface area (Å²) in [5.74, 6) is 10.7. The molecular formula is C16H15FN6S2. The lowest BCUT2D eigenvalue weighted by molar-refractivity contribution is 0.628. The van der Waals surface area contributed by atoms with Gasteiger partial charge in [-0.3, -0.25) is 0 Å². The molecule has 2 aromatic carbocycles. The Kier molecular flexibility index (Phi) is 5.49. The fourth-order valence-electron chi connectivity index (χ4n) is 2.03. The minimum atomic E-state index is -0.257. The van der Waals surface area contributed by atoms with E-state index in [1.807, 2.05) is 24.3 Å². The van der Waals surface area contributed by atoms with Crippen molar-refractivity contribution in [2.45, 2.75) is 4.21 Å². The number of benzene rings is 2. The van der Waals surface area contributed by atoms with Crippen LogP contribution < -0.4 is 21.8 Å². The number of nitrogens with two attached hydrogens (primary N) is 2. The number of nitrogens with zero attached hydrogens (tertiary/aromatic N) is 2. The van der Waals surface area contributed by atoms with Gasteiger partial charge >= 0.3 is 0 Å². The van der Waals surface area contributed by atoms with Crippen molar-refractivity contribution in [2.75, 3.05) is 4.72 Å². The zero-order valence-corrected chi connectivity index (χ0v) is 14.6. The molecule has 0 bridgehead atoms. The second-order valence-electron chi connectivity index (χ2n) is 4.89. The lowest BCUT2D eigenvalue weighted by Gasteiger charge is -2.06. The van der Waals surface area contributed by atoms with Gasteiger partial charge in [-0.25, -0.2) is 15.2 Å². The summed E-state index contributed by atoms with van der Waals surface area (Å²) in [6, 6.07) is 13.8. The van der Waals surface area contributed by atoms with E-state index in [-0.39, 0.29) is 5.82 Å². The molecule has 0 fully saturated rings. The highest BCUT2D eigenvalue weighted by Crippen LogP contribution is 2.32. The predicted octanol–water partition coefficient (Wildman–Crippen LogP) is 3.15. The Hall–Kier alpha value is -2.62. The van der Waals surface area contributed by atoms with Crippen LogP contribution in [0.4, 0.5) is 10.1 Å². The fraction of sp³-hybridized carbons (Fsp3) is 0. The number of amidine groups is 1. The van der Waals surface area contributed by atoms with Gasteiger partial charge in [0.15, 0.2) is 5.84 Å². The molecule has 0 unspecified atom stereocenters. The van der Waals surface area contributed by atoms with Crippen LogP contribution >= 0.6 is 23.3 Å². The van der Waals surface area contributed by atoms with Gasteiger partial charge in [0.05, 0.1) is 6.20 Å². The van der Waals surface area contributed by atoms with E-state index in [0.29, 0.717) is 5.84 Å². The number of rotatable bonds is 5. The van der Waals surface area contributed by atoms with Gasteiger partial charge in [-0.1, -0.05) is 0 Å². The number of nitrogens with one attached hydrogen (secondary N) is 2. The summed E-state index contributed by atoms with van der Waals surface area (Å²) < 4.78 is 17.2. The molecule has 6 nitrogen and oxygen atoms in total. The molecule has 3 aromatic rings. The molecule has 128 valence electrons. The Morgan fingerprint density at radius 2 is 1.84 bits per heavy atom. The number of hydrazone groups is 1. The van der Waals surface area contributed by atoms with E-state index in [4.69, 9.17) is 11.7 Å². The fourth-order valence-corrected chi connectivity index (χ4v) is 3.68. The van der Waals surface area contributed by atoms with E-state index in [0.717, 1.165) is 26.0 Å². The minimum absolute atomic E-state index is 0.257. The first-order chi connectivity index (χ1) is 12.2. The maximum atomic E-state index is 13.0. The highest BCUT2D eigenvalue weighted by molar-refractivity contribution is 8.02. The standard InChI is InChI=1S/C16H15FN6S2/c17-12-5-1-11(2-6-12)16-20-9-14(24-16)25-23-13-7-3-10(4-8-13)15(21-18)22-19/h1-9,23H,18-19H2,(H,21,22). The second-order valence-corrected chi connectivity index (χ2v) is 7.03. The van der Waals surface area contributed by atoms with Crippen molar-refractivity contribution in [1.29, 1.82) is 0 Å². The van der Waals surface area contributed by atoms with E-state index in [1.54, 1.807) is 18.3 Å². The number of hydrogen-bond acceptors (Lipinski definition) is 7. The van der Waals surface area contributed by atoms with Crippen molar-refractivity contribution in [3.05, 3.63) is 66.1 Å². The molecule has 0 aliphatic heterocycles.